The lowest BCUT2D eigenvalue weighted by Crippen LogP contribution is -2.46. The summed E-state index contributed by atoms with van der Waals surface area (Å²) in [6.07, 6.45) is 1.39. The second-order valence-electron chi connectivity index (χ2n) is 17.7. The Morgan fingerprint density at radius 3 is 2.21 bits per heavy atom. The molecule has 2 aromatic carbocycles. The minimum Gasteiger partial charge on any atom is -0.494 e. The number of nitriles is 1. The fourth-order valence-electron chi connectivity index (χ4n) is 6.18. The Labute approximate surface area is 314 Å². The van der Waals surface area contributed by atoms with E-state index in [4.69, 9.17) is 23.6 Å². The smallest absolute Gasteiger partial charge is 0.414 e. The Hall–Kier alpha value is -4.67. The van der Waals surface area contributed by atoms with Gasteiger partial charge in [-0.25, -0.2) is 19.6 Å². The summed E-state index contributed by atoms with van der Waals surface area (Å²) in [7, 11) is -0.604. The van der Waals surface area contributed by atoms with Gasteiger partial charge in [0.1, 0.15) is 23.0 Å². The van der Waals surface area contributed by atoms with Crippen LogP contribution in [0.5, 0.6) is 5.75 Å². The number of aromatic nitrogens is 2. The van der Waals surface area contributed by atoms with Gasteiger partial charge in [-0.15, -0.1) is 0 Å². The molecule has 0 fully saturated rings. The minimum atomic E-state index is -2.17. The molecule has 0 spiro atoms. The lowest BCUT2D eigenvalue weighted by atomic mass is 9.83. The second kappa shape index (κ2) is 14.0. The quantitative estimate of drug-likeness (QED) is 0.233. The number of amides is 2. The zero-order valence-electron chi connectivity index (χ0n) is 33.5. The van der Waals surface area contributed by atoms with Crippen molar-refractivity contribution in [1.82, 2.24) is 9.97 Å². The van der Waals surface area contributed by atoms with Gasteiger partial charge in [-0.05, 0) is 101 Å². The lowest BCUT2D eigenvalue weighted by Gasteiger charge is -2.39. The molecule has 3 aromatic rings. The molecule has 1 unspecified atom stereocenters. The maximum absolute atomic E-state index is 13.6. The van der Waals surface area contributed by atoms with Crippen LogP contribution in [0.25, 0.3) is 11.3 Å². The van der Waals surface area contributed by atoms with Crippen molar-refractivity contribution in [2.24, 2.45) is 0 Å². The first-order valence-electron chi connectivity index (χ1n) is 18.0. The van der Waals surface area contributed by atoms with Gasteiger partial charge in [-0.3, -0.25) is 9.80 Å². The molecule has 0 bridgehead atoms. The molecule has 2 aliphatic heterocycles. The number of carbonyl (C=O) groups is 2. The monoisotopic (exact) mass is 742 g/mol. The van der Waals surface area contributed by atoms with Crippen LogP contribution in [0.2, 0.25) is 18.1 Å². The van der Waals surface area contributed by atoms with Crippen LogP contribution in [0.1, 0.15) is 85.9 Å². The molecule has 53 heavy (non-hydrogen) atoms. The van der Waals surface area contributed by atoms with E-state index >= 15 is 0 Å². The van der Waals surface area contributed by atoms with E-state index < -0.39 is 37.1 Å². The number of hydrogen-bond acceptors (Lipinski definition) is 10. The highest BCUT2D eigenvalue weighted by molar-refractivity contribution is 6.74. The van der Waals surface area contributed by atoms with Crippen molar-refractivity contribution >= 4 is 43.5 Å². The van der Waals surface area contributed by atoms with Crippen molar-refractivity contribution in [1.29, 1.82) is 5.26 Å². The predicted molar refractivity (Wildman–Crippen MR) is 210 cm³/mol. The highest BCUT2D eigenvalue weighted by Gasteiger charge is 2.47. The maximum Gasteiger partial charge on any atom is 0.414 e. The van der Waals surface area contributed by atoms with Gasteiger partial charge in [-0.2, -0.15) is 5.26 Å². The molecule has 1 aromatic heterocycles. The molecule has 0 radical (unpaired) electrons. The van der Waals surface area contributed by atoms with Gasteiger partial charge in [0, 0.05) is 42.9 Å². The summed E-state index contributed by atoms with van der Waals surface area (Å²) >= 11 is 0. The molecule has 3 heterocycles. The van der Waals surface area contributed by atoms with Crippen LogP contribution in [0.3, 0.4) is 0 Å². The van der Waals surface area contributed by atoms with Crippen molar-refractivity contribution in [3.8, 4) is 23.1 Å². The van der Waals surface area contributed by atoms with Gasteiger partial charge >= 0.3 is 12.2 Å². The Morgan fingerprint density at radius 2 is 1.62 bits per heavy atom. The second-order valence-corrected chi connectivity index (χ2v) is 22.5. The minimum absolute atomic E-state index is 0.0152. The largest absolute Gasteiger partial charge is 0.494 e. The van der Waals surface area contributed by atoms with Crippen molar-refractivity contribution in [3.05, 3.63) is 53.2 Å². The molecule has 0 saturated carbocycles. The molecule has 0 saturated heterocycles. The van der Waals surface area contributed by atoms with E-state index in [9.17, 15) is 14.9 Å². The molecule has 0 aliphatic carbocycles. The average Bonchev–Trinajstić information content (AvgIpc) is 3.60. The van der Waals surface area contributed by atoms with Crippen LogP contribution in [-0.4, -0.2) is 68.5 Å². The highest BCUT2D eigenvalue weighted by Crippen LogP contribution is 2.47. The van der Waals surface area contributed by atoms with E-state index in [1.54, 1.807) is 35.2 Å². The van der Waals surface area contributed by atoms with Crippen LogP contribution in [0.15, 0.2) is 36.5 Å². The molecular weight excluding hydrogens is 689 g/mol. The summed E-state index contributed by atoms with van der Waals surface area (Å²) in [5.41, 5.74) is 3.33. The standard InChI is InChI=1S/C40H54N6O6Si/c1-37(2,3)51-35(47)45-17-15-25-20-30(32(49-11)21-31(25)45)44-34-42-16-14-29(43-34)26-18-27(22-41)33-28(19-26)40(10,24-50-53(12,13)39(7,8)9)23-46(33)36(48)52-38(4,5)6/h14,16,18-21H,15,17,23-24H2,1-13H3,(H,42,43,44). The number of anilines is 4. The van der Waals surface area contributed by atoms with Gasteiger partial charge in [-0.1, -0.05) is 27.7 Å². The molecule has 284 valence electrons. The normalized spacial score (nSPS) is 17.2. The van der Waals surface area contributed by atoms with Crippen molar-refractivity contribution in [2.45, 2.75) is 110 Å². The van der Waals surface area contributed by atoms with Crippen LogP contribution in [0, 0.1) is 11.3 Å². The number of carbonyl (C=O) groups excluding carboxylic acids is 2. The SMILES string of the molecule is COc1cc2c(cc1Nc1nccc(-c3cc(C#N)c4c(c3)C(C)(CO[Si](C)(C)C(C)(C)C)CN4C(=O)OC(C)(C)C)n1)CCN2C(=O)OC(C)(C)C. The zero-order valence-corrected chi connectivity index (χ0v) is 34.5. The molecule has 12 nitrogen and oxygen atoms in total. The van der Waals surface area contributed by atoms with Gasteiger partial charge in [0.25, 0.3) is 0 Å². The highest BCUT2D eigenvalue weighted by atomic mass is 28.4. The number of hydrogen-bond donors (Lipinski definition) is 1. The Morgan fingerprint density at radius 1 is 0.981 bits per heavy atom. The Balaban J connectivity index is 1.52. The number of fused-ring (bicyclic) bond motifs is 2. The van der Waals surface area contributed by atoms with Crippen LogP contribution >= 0.6 is 0 Å². The average molecular weight is 743 g/mol. The number of ether oxygens (including phenoxy) is 3. The fourth-order valence-corrected chi connectivity index (χ4v) is 7.29. The Bertz CT molecular complexity index is 1950. The molecule has 5 rings (SSSR count). The van der Waals surface area contributed by atoms with Gasteiger partial charge in [0.2, 0.25) is 5.95 Å². The molecule has 2 aliphatic rings. The molecule has 13 heteroatoms. The number of benzene rings is 2. The third-order valence-corrected chi connectivity index (χ3v) is 14.4. The molecule has 1 N–H and O–H groups in total. The summed E-state index contributed by atoms with van der Waals surface area (Å²) in [5.74, 6) is 0.832. The van der Waals surface area contributed by atoms with Crippen LogP contribution < -0.4 is 19.9 Å². The van der Waals surface area contributed by atoms with Gasteiger partial charge in [0.05, 0.1) is 35.4 Å². The van der Waals surface area contributed by atoms with E-state index in [-0.39, 0.29) is 5.04 Å². The van der Waals surface area contributed by atoms with E-state index in [2.05, 4.69) is 57.2 Å². The van der Waals surface area contributed by atoms with Crippen molar-refractivity contribution in [3.63, 3.8) is 0 Å². The zero-order chi connectivity index (χ0) is 39.3. The number of nitrogens with zero attached hydrogens (tertiary/aromatic N) is 5. The number of methoxy groups -OCH3 is 1. The van der Waals surface area contributed by atoms with E-state index in [1.165, 1.54) is 0 Å². The summed E-state index contributed by atoms with van der Waals surface area (Å²) < 4.78 is 24.0. The first kappa shape index (κ1) is 39.5. The van der Waals surface area contributed by atoms with E-state index in [0.29, 0.717) is 66.0 Å². The summed E-state index contributed by atoms with van der Waals surface area (Å²) in [6, 6.07) is 11.6. The third-order valence-electron chi connectivity index (χ3n) is 9.94. The first-order valence-corrected chi connectivity index (χ1v) is 20.9. The van der Waals surface area contributed by atoms with E-state index in [0.717, 1.165) is 16.8 Å². The van der Waals surface area contributed by atoms with Crippen molar-refractivity contribution in [2.75, 3.05) is 41.9 Å². The first-order chi connectivity index (χ1) is 24.4. The fraction of sp³-hybridized carbons (Fsp3) is 0.525. The molecular formula is C40H54N6O6Si. The maximum atomic E-state index is 13.6. The third kappa shape index (κ3) is 8.44. The summed E-state index contributed by atoms with van der Waals surface area (Å²) in [6.45, 7) is 25.2. The van der Waals surface area contributed by atoms with Crippen LogP contribution in [-0.2, 0) is 25.7 Å². The van der Waals surface area contributed by atoms with Crippen molar-refractivity contribution < 1.29 is 28.2 Å². The van der Waals surface area contributed by atoms with Gasteiger partial charge in [0.15, 0.2) is 8.32 Å². The predicted octanol–water partition coefficient (Wildman–Crippen LogP) is 9.10. The van der Waals surface area contributed by atoms with E-state index in [1.807, 2.05) is 59.7 Å². The number of nitrogens with one attached hydrogen (secondary N) is 1. The summed E-state index contributed by atoms with van der Waals surface area (Å²) in [4.78, 5) is 39.1. The number of rotatable bonds is 7. The molecule has 2 amide bonds. The lowest BCUT2D eigenvalue weighted by molar-refractivity contribution is 0.0567. The van der Waals surface area contributed by atoms with Crippen LogP contribution in [0.4, 0.5) is 32.6 Å². The van der Waals surface area contributed by atoms with Gasteiger partial charge < -0.3 is 24.0 Å². The molecule has 1 atom stereocenters. The Kier molecular flexibility index (Phi) is 10.4. The topological polar surface area (TPSA) is 139 Å². The summed E-state index contributed by atoms with van der Waals surface area (Å²) in [5, 5.41) is 13.8.